The molecule has 2 aliphatic rings. The zero-order chi connectivity index (χ0) is 19.5. The van der Waals surface area contributed by atoms with Crippen LogP contribution in [0.5, 0.6) is 0 Å². The zero-order valence-electron chi connectivity index (χ0n) is 17.1. The van der Waals surface area contributed by atoms with Crippen LogP contribution in [0.4, 0.5) is 0 Å². The molecule has 0 aliphatic heterocycles. The first-order valence-electron chi connectivity index (χ1n) is 11.2. The normalized spacial score (nSPS) is 20.9. The van der Waals surface area contributed by atoms with Gasteiger partial charge in [-0.2, -0.15) is 0 Å². The number of benzene rings is 2. The van der Waals surface area contributed by atoms with Crippen LogP contribution in [-0.4, -0.2) is 16.4 Å². The third-order valence-corrected chi connectivity index (χ3v) is 6.78. The third-order valence-electron chi connectivity index (χ3n) is 6.78. The molecule has 0 unspecified atom stereocenters. The molecule has 0 saturated carbocycles. The largest absolute Gasteiger partial charge is 0.290 e. The minimum atomic E-state index is 0.442. The fourth-order valence-electron chi connectivity index (χ4n) is 5.32. The highest BCUT2D eigenvalue weighted by Gasteiger charge is 2.30. The molecular weight excluding hydrogens is 352 g/mol. The van der Waals surface area contributed by atoms with Gasteiger partial charge in [-0.1, -0.05) is 60.7 Å². The van der Waals surface area contributed by atoms with Crippen molar-refractivity contribution >= 4 is 0 Å². The molecule has 2 aromatic carbocycles. The Bertz CT molecular complexity index is 950. The Balaban J connectivity index is 1.41. The van der Waals surface area contributed by atoms with E-state index in [1.165, 1.54) is 55.3 Å². The quantitative estimate of drug-likeness (QED) is 0.557. The molecule has 5 rings (SSSR count). The van der Waals surface area contributed by atoms with Crippen molar-refractivity contribution in [1.82, 2.24) is 9.88 Å². The second kappa shape index (κ2) is 8.51. The van der Waals surface area contributed by atoms with Crippen molar-refractivity contribution in [2.24, 2.45) is 5.92 Å². The molecule has 0 bridgehead atoms. The molecule has 3 aromatic rings. The molecule has 29 heavy (non-hydrogen) atoms. The molecule has 2 heteroatoms. The smallest absolute Gasteiger partial charge is 0.0607 e. The number of nitrogens with zero attached hydrogens (tertiary/aromatic N) is 2. The van der Waals surface area contributed by atoms with Crippen LogP contribution in [0, 0.1) is 5.92 Å². The van der Waals surface area contributed by atoms with Crippen LogP contribution >= 0.6 is 0 Å². The summed E-state index contributed by atoms with van der Waals surface area (Å²) in [6.07, 6.45) is 9.37. The molecule has 2 aliphatic carbocycles. The van der Waals surface area contributed by atoms with Gasteiger partial charge in [0.05, 0.1) is 11.7 Å². The first kappa shape index (κ1) is 18.6. The lowest BCUT2D eigenvalue weighted by Crippen LogP contribution is -2.37. The van der Waals surface area contributed by atoms with Crippen LogP contribution in [-0.2, 0) is 25.8 Å². The molecule has 0 amide bonds. The number of hydrogen-bond acceptors (Lipinski definition) is 2. The van der Waals surface area contributed by atoms with Gasteiger partial charge in [0.25, 0.3) is 0 Å². The highest BCUT2D eigenvalue weighted by Crippen LogP contribution is 2.36. The Labute approximate surface area is 174 Å². The molecule has 2 atom stereocenters. The van der Waals surface area contributed by atoms with Gasteiger partial charge >= 0.3 is 0 Å². The number of aryl methyl sites for hydroxylation is 2. The monoisotopic (exact) mass is 382 g/mol. The van der Waals surface area contributed by atoms with Crippen LogP contribution in [0.3, 0.4) is 0 Å². The average Bonchev–Trinajstić information content (AvgIpc) is 2.79. The summed E-state index contributed by atoms with van der Waals surface area (Å²) in [5.41, 5.74) is 7.31. The van der Waals surface area contributed by atoms with Crippen molar-refractivity contribution < 1.29 is 0 Å². The van der Waals surface area contributed by atoms with Crippen LogP contribution in [0.2, 0.25) is 0 Å². The third kappa shape index (κ3) is 4.13. The summed E-state index contributed by atoms with van der Waals surface area (Å²) >= 11 is 0. The van der Waals surface area contributed by atoms with Gasteiger partial charge in [-0.05, 0) is 72.8 Å². The van der Waals surface area contributed by atoms with Gasteiger partial charge in [-0.25, -0.2) is 0 Å². The number of pyridine rings is 1. The van der Waals surface area contributed by atoms with Crippen LogP contribution < -0.4 is 0 Å². The van der Waals surface area contributed by atoms with Gasteiger partial charge < -0.3 is 0 Å². The van der Waals surface area contributed by atoms with Crippen LogP contribution in [0.1, 0.15) is 53.3 Å². The van der Waals surface area contributed by atoms with Gasteiger partial charge in [-0.3, -0.25) is 9.88 Å². The van der Waals surface area contributed by atoms with Gasteiger partial charge in [0.1, 0.15) is 0 Å². The Morgan fingerprint density at radius 1 is 0.793 bits per heavy atom. The van der Waals surface area contributed by atoms with E-state index in [0.29, 0.717) is 6.04 Å². The first-order chi connectivity index (χ1) is 14.4. The van der Waals surface area contributed by atoms with Gasteiger partial charge in [-0.15, -0.1) is 0 Å². The fraction of sp³-hybridized carbons (Fsp3) is 0.370. The van der Waals surface area contributed by atoms with Crippen LogP contribution in [0.25, 0.3) is 0 Å². The van der Waals surface area contributed by atoms with E-state index in [0.717, 1.165) is 19.0 Å². The minimum absolute atomic E-state index is 0.442. The topological polar surface area (TPSA) is 16.1 Å². The lowest BCUT2D eigenvalue weighted by molar-refractivity contribution is 0.134. The SMILES string of the molecule is c1ccc(CN(C[C@@H]2CCc3ccccc3C2)[C@H]2CCCc3cccnc32)cc1. The van der Waals surface area contributed by atoms with Crippen molar-refractivity contribution in [2.45, 2.75) is 51.1 Å². The zero-order valence-corrected chi connectivity index (χ0v) is 17.1. The molecule has 0 saturated heterocycles. The molecule has 0 spiro atoms. The predicted octanol–water partition coefficient (Wildman–Crippen LogP) is 5.77. The Morgan fingerprint density at radius 2 is 1.59 bits per heavy atom. The van der Waals surface area contributed by atoms with Crippen molar-refractivity contribution in [2.75, 3.05) is 6.54 Å². The molecule has 0 radical (unpaired) electrons. The highest BCUT2D eigenvalue weighted by atomic mass is 15.2. The minimum Gasteiger partial charge on any atom is -0.290 e. The van der Waals surface area contributed by atoms with Crippen molar-refractivity contribution in [3.63, 3.8) is 0 Å². The van der Waals surface area contributed by atoms with E-state index in [1.54, 1.807) is 11.1 Å². The summed E-state index contributed by atoms with van der Waals surface area (Å²) < 4.78 is 0. The van der Waals surface area contributed by atoms with Crippen LogP contribution in [0.15, 0.2) is 72.9 Å². The van der Waals surface area contributed by atoms with Crippen molar-refractivity contribution in [1.29, 1.82) is 0 Å². The maximum Gasteiger partial charge on any atom is 0.0607 e. The average molecular weight is 383 g/mol. The van der Waals surface area contributed by atoms with Crippen molar-refractivity contribution in [3.8, 4) is 0 Å². The Hall–Kier alpha value is -2.45. The van der Waals surface area contributed by atoms with E-state index in [-0.39, 0.29) is 0 Å². The maximum absolute atomic E-state index is 4.85. The summed E-state index contributed by atoms with van der Waals surface area (Å²) in [7, 11) is 0. The maximum atomic E-state index is 4.85. The summed E-state index contributed by atoms with van der Waals surface area (Å²) in [5.74, 6) is 0.725. The summed E-state index contributed by atoms with van der Waals surface area (Å²) in [5, 5.41) is 0. The van der Waals surface area contributed by atoms with Gasteiger partial charge in [0, 0.05) is 19.3 Å². The Morgan fingerprint density at radius 3 is 2.48 bits per heavy atom. The van der Waals surface area contributed by atoms with E-state index in [1.807, 2.05) is 6.20 Å². The molecule has 0 fully saturated rings. The molecular formula is C27H30N2. The molecule has 0 N–H and O–H groups in total. The fourth-order valence-corrected chi connectivity index (χ4v) is 5.32. The summed E-state index contributed by atoms with van der Waals surface area (Å²) in [4.78, 5) is 7.59. The van der Waals surface area contributed by atoms with E-state index in [2.05, 4.69) is 71.6 Å². The summed E-state index contributed by atoms with van der Waals surface area (Å²) in [6, 6.07) is 24.8. The molecule has 1 heterocycles. The lowest BCUT2D eigenvalue weighted by atomic mass is 9.82. The van der Waals surface area contributed by atoms with E-state index < -0.39 is 0 Å². The Kier molecular flexibility index (Phi) is 5.45. The number of hydrogen-bond donors (Lipinski definition) is 0. The second-order valence-corrected chi connectivity index (χ2v) is 8.75. The van der Waals surface area contributed by atoms with E-state index in [9.17, 15) is 0 Å². The number of rotatable bonds is 5. The van der Waals surface area contributed by atoms with E-state index >= 15 is 0 Å². The number of fused-ring (bicyclic) bond motifs is 2. The number of aromatic nitrogens is 1. The molecule has 1 aromatic heterocycles. The molecule has 2 nitrogen and oxygen atoms in total. The molecule has 148 valence electrons. The van der Waals surface area contributed by atoms with Gasteiger partial charge in [0.15, 0.2) is 0 Å². The highest BCUT2D eigenvalue weighted by molar-refractivity contribution is 5.30. The van der Waals surface area contributed by atoms with Gasteiger partial charge in [0.2, 0.25) is 0 Å². The second-order valence-electron chi connectivity index (χ2n) is 8.75. The lowest BCUT2D eigenvalue weighted by Gasteiger charge is -2.38. The summed E-state index contributed by atoms with van der Waals surface area (Å²) in [6.45, 7) is 2.17. The predicted molar refractivity (Wildman–Crippen MR) is 119 cm³/mol. The van der Waals surface area contributed by atoms with E-state index in [4.69, 9.17) is 4.98 Å². The first-order valence-corrected chi connectivity index (χ1v) is 11.2. The van der Waals surface area contributed by atoms with Crippen molar-refractivity contribution in [3.05, 3.63) is 101 Å². The standard InChI is InChI=1S/C27H30N2/c1-2-8-21(9-3-1)19-29(26-14-6-12-24-13-7-17-28-27(24)26)20-22-15-16-23-10-4-5-11-25(23)18-22/h1-5,7-11,13,17,22,26H,6,12,14-16,18-20H2/t22-,26+/m1/s1.